The molecule has 0 bridgehead atoms. The molecule has 0 saturated heterocycles. The van der Waals surface area contributed by atoms with E-state index < -0.39 is 5.97 Å². The van der Waals surface area contributed by atoms with Gasteiger partial charge in [0.05, 0.1) is 0 Å². The minimum absolute atomic E-state index is 0.0972. The third-order valence-corrected chi connectivity index (χ3v) is 1.57. The molecule has 0 aliphatic rings. The second-order valence-electron chi connectivity index (χ2n) is 2.79. The highest BCUT2D eigenvalue weighted by Gasteiger charge is 2.13. The summed E-state index contributed by atoms with van der Waals surface area (Å²) in [6.45, 7) is 3.82. The van der Waals surface area contributed by atoms with Gasteiger partial charge < -0.3 is 5.11 Å². The summed E-state index contributed by atoms with van der Waals surface area (Å²) in [4.78, 5) is 18.1. The van der Waals surface area contributed by atoms with Gasteiger partial charge in [0.25, 0.3) is 0 Å². The summed E-state index contributed by atoms with van der Waals surface area (Å²) in [5.41, 5.74) is 0.769. The predicted octanol–water partition coefficient (Wildman–Crippen LogP) is 1.30. The zero-order valence-electron chi connectivity index (χ0n) is 6.98. The van der Waals surface area contributed by atoms with E-state index in [-0.39, 0.29) is 11.6 Å². The van der Waals surface area contributed by atoms with E-state index in [9.17, 15) is 4.79 Å². The van der Waals surface area contributed by atoms with Crippen LogP contribution in [-0.2, 0) is 0 Å². The van der Waals surface area contributed by atoms with Crippen LogP contribution in [-0.4, -0.2) is 21.0 Å². The molecule has 1 aromatic heterocycles. The van der Waals surface area contributed by atoms with Crippen molar-refractivity contribution in [3.8, 4) is 0 Å². The first kappa shape index (κ1) is 8.64. The van der Waals surface area contributed by atoms with Crippen molar-refractivity contribution in [1.29, 1.82) is 0 Å². The Bertz CT molecular complexity index is 297. The van der Waals surface area contributed by atoms with Crippen LogP contribution in [0.1, 0.15) is 35.8 Å². The Morgan fingerprint density at radius 2 is 2.25 bits per heavy atom. The van der Waals surface area contributed by atoms with Gasteiger partial charge in [-0.1, -0.05) is 13.8 Å². The Balaban J connectivity index is 3.17. The Kier molecular flexibility index (Phi) is 2.38. The Labute approximate surface area is 70.3 Å². The quantitative estimate of drug-likeness (QED) is 0.719. The van der Waals surface area contributed by atoms with Gasteiger partial charge in [0.1, 0.15) is 6.33 Å². The van der Waals surface area contributed by atoms with E-state index in [0.717, 1.165) is 0 Å². The normalized spacial score (nSPS) is 10.2. The van der Waals surface area contributed by atoms with Crippen LogP contribution in [0.5, 0.6) is 0 Å². The largest absolute Gasteiger partial charge is 0.477 e. The van der Waals surface area contributed by atoms with Crippen molar-refractivity contribution >= 4 is 5.97 Å². The second kappa shape index (κ2) is 3.30. The minimum Gasteiger partial charge on any atom is -0.477 e. The lowest BCUT2D eigenvalue weighted by Gasteiger charge is -2.05. The van der Waals surface area contributed by atoms with Crippen molar-refractivity contribution in [3.05, 3.63) is 23.8 Å². The highest BCUT2D eigenvalue weighted by molar-refractivity contribution is 5.87. The number of hydrogen-bond acceptors (Lipinski definition) is 3. The predicted molar refractivity (Wildman–Crippen MR) is 43.1 cm³/mol. The summed E-state index contributed by atoms with van der Waals surface area (Å²) in [6.07, 6.45) is 2.79. The van der Waals surface area contributed by atoms with E-state index in [1.165, 1.54) is 6.33 Å². The molecule has 0 amide bonds. The van der Waals surface area contributed by atoms with E-state index in [0.29, 0.717) is 5.56 Å². The van der Waals surface area contributed by atoms with Crippen LogP contribution in [0, 0.1) is 0 Å². The van der Waals surface area contributed by atoms with Crippen LogP contribution < -0.4 is 0 Å². The van der Waals surface area contributed by atoms with Gasteiger partial charge in [-0.05, 0) is 5.92 Å². The average Bonchev–Trinajstić information content (AvgIpc) is 2.04. The van der Waals surface area contributed by atoms with Crippen molar-refractivity contribution in [2.24, 2.45) is 0 Å². The zero-order chi connectivity index (χ0) is 9.14. The van der Waals surface area contributed by atoms with E-state index in [1.54, 1.807) is 6.20 Å². The minimum atomic E-state index is -0.999. The molecule has 1 aromatic rings. The molecule has 0 aromatic carbocycles. The number of nitrogens with zero attached hydrogens (tertiary/aromatic N) is 2. The zero-order valence-corrected chi connectivity index (χ0v) is 6.98. The first-order chi connectivity index (χ1) is 5.63. The van der Waals surface area contributed by atoms with Crippen LogP contribution in [0.2, 0.25) is 0 Å². The van der Waals surface area contributed by atoms with E-state index in [2.05, 4.69) is 9.97 Å². The molecular formula is C8H10N2O2. The Morgan fingerprint density at radius 1 is 1.58 bits per heavy atom. The fourth-order valence-electron chi connectivity index (χ4n) is 0.942. The molecule has 0 spiro atoms. The molecule has 1 N–H and O–H groups in total. The van der Waals surface area contributed by atoms with Crippen molar-refractivity contribution < 1.29 is 9.90 Å². The molecule has 0 radical (unpaired) electrons. The lowest BCUT2D eigenvalue weighted by molar-refractivity contribution is 0.0688. The summed E-state index contributed by atoms with van der Waals surface area (Å²) in [6, 6.07) is 0. The summed E-state index contributed by atoms with van der Waals surface area (Å²) in [5.74, 6) is -0.863. The van der Waals surface area contributed by atoms with Crippen LogP contribution >= 0.6 is 0 Å². The third kappa shape index (κ3) is 1.58. The third-order valence-electron chi connectivity index (χ3n) is 1.57. The maximum absolute atomic E-state index is 10.6. The van der Waals surface area contributed by atoms with Gasteiger partial charge in [-0.25, -0.2) is 14.8 Å². The molecule has 0 saturated carbocycles. The monoisotopic (exact) mass is 166 g/mol. The molecule has 4 heteroatoms. The van der Waals surface area contributed by atoms with Crippen molar-refractivity contribution in [1.82, 2.24) is 9.97 Å². The van der Waals surface area contributed by atoms with E-state index >= 15 is 0 Å². The van der Waals surface area contributed by atoms with E-state index in [1.807, 2.05) is 13.8 Å². The maximum atomic E-state index is 10.6. The van der Waals surface area contributed by atoms with Crippen LogP contribution in [0.3, 0.4) is 0 Å². The van der Waals surface area contributed by atoms with Crippen LogP contribution in [0.15, 0.2) is 12.5 Å². The Morgan fingerprint density at radius 3 is 2.67 bits per heavy atom. The highest BCUT2D eigenvalue weighted by atomic mass is 16.4. The number of hydrogen-bond donors (Lipinski definition) is 1. The number of aromatic carboxylic acids is 1. The van der Waals surface area contributed by atoms with Gasteiger partial charge >= 0.3 is 5.97 Å². The lowest BCUT2D eigenvalue weighted by Crippen LogP contribution is -2.07. The number of aromatic nitrogens is 2. The summed E-state index contributed by atoms with van der Waals surface area (Å²) < 4.78 is 0. The van der Waals surface area contributed by atoms with Crippen molar-refractivity contribution in [3.63, 3.8) is 0 Å². The standard InChI is InChI=1S/C8H10N2O2/c1-5(2)6-3-9-4-10-7(6)8(11)12/h3-5H,1-2H3,(H,11,12). The fraction of sp³-hybridized carbons (Fsp3) is 0.375. The highest BCUT2D eigenvalue weighted by Crippen LogP contribution is 2.15. The SMILES string of the molecule is CC(C)c1cncnc1C(=O)O. The summed E-state index contributed by atoms with van der Waals surface area (Å²) in [5, 5.41) is 8.72. The lowest BCUT2D eigenvalue weighted by atomic mass is 10.0. The molecule has 0 unspecified atom stereocenters. The first-order valence-electron chi connectivity index (χ1n) is 3.66. The van der Waals surface area contributed by atoms with E-state index in [4.69, 9.17) is 5.11 Å². The van der Waals surface area contributed by atoms with Gasteiger partial charge in [-0.2, -0.15) is 0 Å². The average molecular weight is 166 g/mol. The summed E-state index contributed by atoms with van der Waals surface area (Å²) in [7, 11) is 0. The molecule has 1 heterocycles. The van der Waals surface area contributed by atoms with Gasteiger partial charge in [0.2, 0.25) is 0 Å². The van der Waals surface area contributed by atoms with Crippen molar-refractivity contribution in [2.75, 3.05) is 0 Å². The molecular weight excluding hydrogens is 156 g/mol. The summed E-state index contributed by atoms with van der Waals surface area (Å²) >= 11 is 0. The molecule has 0 aliphatic heterocycles. The molecule has 1 rings (SSSR count). The smallest absolute Gasteiger partial charge is 0.354 e. The number of carbonyl (C=O) groups is 1. The van der Waals surface area contributed by atoms with Crippen LogP contribution in [0.4, 0.5) is 0 Å². The number of carboxylic acids is 1. The fourth-order valence-corrected chi connectivity index (χ4v) is 0.942. The maximum Gasteiger partial charge on any atom is 0.354 e. The molecule has 12 heavy (non-hydrogen) atoms. The number of carboxylic acid groups (broad SMARTS) is 1. The molecule has 64 valence electrons. The number of rotatable bonds is 2. The van der Waals surface area contributed by atoms with Crippen LogP contribution in [0.25, 0.3) is 0 Å². The van der Waals surface area contributed by atoms with Gasteiger partial charge in [-0.3, -0.25) is 0 Å². The molecule has 4 nitrogen and oxygen atoms in total. The van der Waals surface area contributed by atoms with Gasteiger partial charge in [-0.15, -0.1) is 0 Å². The topological polar surface area (TPSA) is 63.1 Å². The van der Waals surface area contributed by atoms with Gasteiger partial charge in [0.15, 0.2) is 5.69 Å². The Hall–Kier alpha value is -1.45. The molecule has 0 aliphatic carbocycles. The first-order valence-corrected chi connectivity index (χ1v) is 3.66. The van der Waals surface area contributed by atoms with Gasteiger partial charge in [0, 0.05) is 11.8 Å². The second-order valence-corrected chi connectivity index (χ2v) is 2.79. The molecule has 0 fully saturated rings. The van der Waals surface area contributed by atoms with Crippen molar-refractivity contribution in [2.45, 2.75) is 19.8 Å². The molecule has 0 atom stereocenters.